The van der Waals surface area contributed by atoms with Crippen LogP contribution < -0.4 is 4.74 Å². The molecule has 11 heteroatoms. The molecule has 3 aromatic rings. The van der Waals surface area contributed by atoms with Crippen molar-refractivity contribution >= 4 is 5.91 Å². The third kappa shape index (κ3) is 3.98. The van der Waals surface area contributed by atoms with E-state index >= 15 is 0 Å². The van der Waals surface area contributed by atoms with Gasteiger partial charge in [-0.15, -0.1) is 0 Å². The predicted molar refractivity (Wildman–Crippen MR) is 106 cm³/mol. The summed E-state index contributed by atoms with van der Waals surface area (Å²) in [5.41, 5.74) is -0.414. The SMILES string of the molecule is O=C(c1cc(F)ccc1-c1ncccn1)N1C2CCC1C(Oc1ncc(C(F)(F)F)cn1)C2. The minimum atomic E-state index is -4.54. The van der Waals surface area contributed by atoms with E-state index in [4.69, 9.17) is 4.74 Å². The molecular weight excluding hydrogens is 442 g/mol. The third-order valence-corrected chi connectivity index (χ3v) is 5.95. The van der Waals surface area contributed by atoms with Crippen LogP contribution in [-0.4, -0.2) is 48.9 Å². The first-order chi connectivity index (χ1) is 15.8. The summed E-state index contributed by atoms with van der Waals surface area (Å²) in [4.78, 5) is 30.8. The Morgan fingerprint density at radius 2 is 1.79 bits per heavy atom. The largest absolute Gasteiger partial charge is 0.458 e. The summed E-state index contributed by atoms with van der Waals surface area (Å²) in [6.07, 6.45) is 1.25. The Morgan fingerprint density at radius 3 is 2.48 bits per heavy atom. The summed E-state index contributed by atoms with van der Waals surface area (Å²) in [5.74, 6) is -0.627. The predicted octanol–water partition coefficient (Wildman–Crippen LogP) is 3.92. The van der Waals surface area contributed by atoms with E-state index < -0.39 is 23.7 Å². The molecule has 1 amide bonds. The lowest BCUT2D eigenvalue weighted by Crippen LogP contribution is -2.39. The van der Waals surface area contributed by atoms with Crippen LogP contribution in [0.15, 0.2) is 49.1 Å². The first-order valence-electron chi connectivity index (χ1n) is 10.3. The molecule has 5 rings (SSSR count). The fraction of sp³-hybridized carbons (Fsp3) is 0.318. The Balaban J connectivity index is 1.39. The van der Waals surface area contributed by atoms with Gasteiger partial charge in [-0.05, 0) is 37.1 Å². The maximum Gasteiger partial charge on any atom is 0.419 e. The highest BCUT2D eigenvalue weighted by Crippen LogP contribution is 2.41. The normalized spacial score (nSPS) is 21.9. The van der Waals surface area contributed by atoms with Crippen molar-refractivity contribution in [2.45, 2.75) is 43.6 Å². The highest BCUT2D eigenvalue weighted by molar-refractivity contribution is 6.00. The zero-order chi connectivity index (χ0) is 23.2. The van der Waals surface area contributed by atoms with Crippen molar-refractivity contribution in [1.82, 2.24) is 24.8 Å². The molecule has 2 bridgehead atoms. The Hall–Kier alpha value is -3.63. The highest BCUT2D eigenvalue weighted by Gasteiger charge is 2.50. The molecule has 4 heterocycles. The lowest BCUT2D eigenvalue weighted by atomic mass is 9.98. The average Bonchev–Trinajstić information content (AvgIpc) is 3.36. The van der Waals surface area contributed by atoms with E-state index in [2.05, 4.69) is 19.9 Å². The molecule has 0 radical (unpaired) electrons. The number of hydrogen-bond donors (Lipinski definition) is 0. The minimum Gasteiger partial charge on any atom is -0.458 e. The number of benzene rings is 1. The van der Waals surface area contributed by atoms with Crippen molar-refractivity contribution in [1.29, 1.82) is 0 Å². The number of rotatable bonds is 4. The van der Waals surface area contributed by atoms with Gasteiger partial charge in [0.15, 0.2) is 5.82 Å². The van der Waals surface area contributed by atoms with Gasteiger partial charge in [-0.2, -0.15) is 13.2 Å². The molecule has 0 saturated carbocycles. The van der Waals surface area contributed by atoms with E-state index in [0.717, 1.165) is 6.42 Å². The number of alkyl halides is 3. The molecule has 3 atom stereocenters. The number of hydrogen-bond acceptors (Lipinski definition) is 6. The van der Waals surface area contributed by atoms with Crippen molar-refractivity contribution in [2.75, 3.05) is 0 Å². The zero-order valence-corrected chi connectivity index (χ0v) is 17.0. The number of amides is 1. The fourth-order valence-electron chi connectivity index (χ4n) is 4.50. The van der Waals surface area contributed by atoms with E-state index in [9.17, 15) is 22.4 Å². The van der Waals surface area contributed by atoms with Crippen molar-refractivity contribution in [2.24, 2.45) is 0 Å². The average molecular weight is 459 g/mol. The fourth-order valence-corrected chi connectivity index (χ4v) is 4.50. The van der Waals surface area contributed by atoms with Gasteiger partial charge in [0.05, 0.1) is 17.2 Å². The summed E-state index contributed by atoms with van der Waals surface area (Å²) in [7, 11) is 0. The number of nitrogens with zero attached hydrogens (tertiary/aromatic N) is 5. The van der Waals surface area contributed by atoms with Crippen LogP contribution in [0, 0.1) is 5.82 Å². The summed E-state index contributed by atoms with van der Waals surface area (Å²) >= 11 is 0. The first-order valence-corrected chi connectivity index (χ1v) is 10.3. The first kappa shape index (κ1) is 21.2. The van der Waals surface area contributed by atoms with Crippen molar-refractivity contribution < 1.29 is 27.1 Å². The zero-order valence-electron chi connectivity index (χ0n) is 17.0. The standard InChI is InChI=1S/C22H17F4N5O2/c23-13-2-4-15(19-27-6-1-7-28-19)16(8-13)20(32)31-14-3-5-17(31)18(9-14)33-21-29-10-12(11-30-21)22(24,25)26/h1-2,4,6-8,10-11,14,17-18H,3,5,9H2. The van der Waals surface area contributed by atoms with Gasteiger partial charge in [0.2, 0.25) is 0 Å². The molecule has 2 saturated heterocycles. The van der Waals surface area contributed by atoms with Crippen LogP contribution in [0.25, 0.3) is 11.4 Å². The molecule has 0 aliphatic carbocycles. The van der Waals surface area contributed by atoms with E-state index in [1.165, 1.54) is 30.6 Å². The Kier molecular flexibility index (Phi) is 5.18. The number of ether oxygens (including phenoxy) is 1. The smallest absolute Gasteiger partial charge is 0.419 e. The number of carbonyl (C=O) groups excluding carboxylic acids is 1. The van der Waals surface area contributed by atoms with Crippen molar-refractivity contribution in [3.63, 3.8) is 0 Å². The third-order valence-electron chi connectivity index (χ3n) is 5.95. The molecule has 1 aromatic carbocycles. The summed E-state index contributed by atoms with van der Waals surface area (Å²) in [6.45, 7) is 0. The maximum atomic E-state index is 14.1. The van der Waals surface area contributed by atoms with Crippen LogP contribution in [0.3, 0.4) is 0 Å². The van der Waals surface area contributed by atoms with Crippen LogP contribution in [-0.2, 0) is 6.18 Å². The van der Waals surface area contributed by atoms with Crippen molar-refractivity contribution in [3.05, 3.63) is 66.0 Å². The second kappa shape index (κ2) is 8.05. The number of carbonyl (C=O) groups is 1. The molecule has 7 nitrogen and oxygen atoms in total. The Morgan fingerprint density at radius 1 is 1.06 bits per heavy atom. The molecular formula is C22H17F4N5O2. The lowest BCUT2D eigenvalue weighted by molar-refractivity contribution is -0.138. The second-order valence-corrected chi connectivity index (χ2v) is 7.92. The van der Waals surface area contributed by atoms with Gasteiger partial charge in [-0.25, -0.2) is 24.3 Å². The lowest BCUT2D eigenvalue weighted by Gasteiger charge is -2.25. The molecule has 0 N–H and O–H groups in total. The van der Waals surface area contributed by atoms with Gasteiger partial charge >= 0.3 is 12.2 Å². The quantitative estimate of drug-likeness (QED) is 0.551. The summed E-state index contributed by atoms with van der Waals surface area (Å²) in [5, 5.41) is 0. The van der Waals surface area contributed by atoms with E-state index in [-0.39, 0.29) is 29.6 Å². The number of aromatic nitrogens is 4. The highest BCUT2D eigenvalue weighted by atomic mass is 19.4. The van der Waals surface area contributed by atoms with Crippen LogP contribution in [0.1, 0.15) is 35.2 Å². The molecule has 2 aromatic heterocycles. The van der Waals surface area contributed by atoms with Crippen molar-refractivity contribution in [3.8, 4) is 17.4 Å². The van der Waals surface area contributed by atoms with Crippen LogP contribution in [0.2, 0.25) is 0 Å². The molecule has 170 valence electrons. The molecule has 2 aliphatic rings. The number of halogens is 4. The van der Waals surface area contributed by atoms with Gasteiger partial charge in [-0.3, -0.25) is 4.79 Å². The van der Waals surface area contributed by atoms with Gasteiger partial charge in [0.25, 0.3) is 5.91 Å². The second-order valence-electron chi connectivity index (χ2n) is 7.92. The summed E-state index contributed by atoms with van der Waals surface area (Å²) < 4.78 is 58.0. The van der Waals surface area contributed by atoms with Gasteiger partial charge in [0.1, 0.15) is 11.9 Å². The van der Waals surface area contributed by atoms with Gasteiger partial charge in [0, 0.05) is 42.8 Å². The topological polar surface area (TPSA) is 81.1 Å². The van der Waals surface area contributed by atoms with E-state index in [0.29, 0.717) is 36.6 Å². The molecule has 2 fully saturated rings. The summed E-state index contributed by atoms with van der Waals surface area (Å²) in [6, 6.07) is 4.86. The van der Waals surface area contributed by atoms with Gasteiger partial charge < -0.3 is 9.64 Å². The minimum absolute atomic E-state index is 0.143. The molecule has 33 heavy (non-hydrogen) atoms. The van der Waals surface area contributed by atoms with E-state index in [1.54, 1.807) is 11.0 Å². The molecule has 0 spiro atoms. The Bertz CT molecular complexity index is 1170. The maximum absolute atomic E-state index is 14.1. The van der Waals surface area contributed by atoms with Crippen LogP contribution >= 0.6 is 0 Å². The monoisotopic (exact) mass is 459 g/mol. The van der Waals surface area contributed by atoms with Crippen LogP contribution in [0.5, 0.6) is 6.01 Å². The Labute approximate surface area is 185 Å². The number of fused-ring (bicyclic) bond motifs is 2. The molecule has 2 aliphatic heterocycles. The van der Waals surface area contributed by atoms with Gasteiger partial charge in [-0.1, -0.05) is 0 Å². The van der Waals surface area contributed by atoms with E-state index in [1.807, 2.05) is 0 Å². The van der Waals surface area contributed by atoms with Crippen LogP contribution in [0.4, 0.5) is 17.6 Å². The molecule has 3 unspecified atom stereocenters.